The predicted octanol–water partition coefficient (Wildman–Crippen LogP) is 1.62. The summed E-state index contributed by atoms with van der Waals surface area (Å²) in [6.07, 6.45) is 5.26. The summed E-state index contributed by atoms with van der Waals surface area (Å²) in [5, 5.41) is 0. The number of esters is 1. The first-order valence-electron chi connectivity index (χ1n) is 7.14. The molecule has 0 atom stereocenters. The summed E-state index contributed by atoms with van der Waals surface area (Å²) in [5.41, 5.74) is 7.32. The highest BCUT2D eigenvalue weighted by Crippen LogP contribution is 2.34. The molecule has 21 heavy (non-hydrogen) atoms. The Hall–Kier alpha value is -2.18. The van der Waals surface area contributed by atoms with Gasteiger partial charge >= 0.3 is 5.97 Å². The van der Waals surface area contributed by atoms with Crippen LogP contribution in [-0.4, -0.2) is 32.6 Å². The molecule has 7 nitrogen and oxygen atoms in total. The van der Waals surface area contributed by atoms with Crippen molar-refractivity contribution in [1.82, 2.24) is 19.5 Å². The number of imidazole rings is 1. The molecule has 0 spiro atoms. The highest BCUT2D eigenvalue weighted by atomic mass is 16.5. The third-order valence-electron chi connectivity index (χ3n) is 4.18. The van der Waals surface area contributed by atoms with Crippen LogP contribution in [-0.2, 0) is 9.53 Å². The molecule has 2 aromatic heterocycles. The smallest absolute Gasteiger partial charge is 0.308 e. The van der Waals surface area contributed by atoms with E-state index in [9.17, 15) is 4.79 Å². The molecule has 1 fully saturated rings. The monoisotopic (exact) mass is 289 g/mol. The fraction of sp³-hybridized carbons (Fsp3) is 0.571. The highest BCUT2D eigenvalue weighted by Gasteiger charge is 2.28. The number of anilines is 1. The molecule has 1 saturated carbocycles. The Labute approximate surface area is 122 Å². The highest BCUT2D eigenvalue weighted by molar-refractivity contribution is 5.81. The molecule has 0 saturated heterocycles. The van der Waals surface area contributed by atoms with Gasteiger partial charge < -0.3 is 15.0 Å². The summed E-state index contributed by atoms with van der Waals surface area (Å²) in [6, 6.07) is 0.296. The summed E-state index contributed by atoms with van der Waals surface area (Å²) in [6.45, 7) is 1.82. The van der Waals surface area contributed by atoms with Crippen LogP contribution in [0.5, 0.6) is 0 Å². The van der Waals surface area contributed by atoms with Crippen molar-refractivity contribution in [2.24, 2.45) is 5.92 Å². The summed E-state index contributed by atoms with van der Waals surface area (Å²) in [4.78, 5) is 24.5. The minimum absolute atomic E-state index is 0.0162. The van der Waals surface area contributed by atoms with E-state index in [2.05, 4.69) is 19.5 Å². The van der Waals surface area contributed by atoms with Gasteiger partial charge in [0.2, 0.25) is 0 Å². The zero-order valence-corrected chi connectivity index (χ0v) is 12.2. The summed E-state index contributed by atoms with van der Waals surface area (Å²) in [7, 11) is 1.44. The van der Waals surface area contributed by atoms with Crippen molar-refractivity contribution in [3.63, 3.8) is 0 Å². The van der Waals surface area contributed by atoms with Crippen LogP contribution in [0.1, 0.15) is 37.5 Å². The maximum absolute atomic E-state index is 11.6. The number of nitrogens with zero attached hydrogens (tertiary/aromatic N) is 4. The lowest BCUT2D eigenvalue weighted by Gasteiger charge is -2.27. The van der Waals surface area contributed by atoms with Crippen LogP contribution < -0.4 is 5.73 Å². The molecular weight excluding hydrogens is 270 g/mol. The van der Waals surface area contributed by atoms with E-state index in [-0.39, 0.29) is 11.9 Å². The maximum atomic E-state index is 11.6. The molecule has 2 heterocycles. The third kappa shape index (κ3) is 2.43. The molecule has 0 bridgehead atoms. The first kappa shape index (κ1) is 13.8. The number of fused-ring (bicyclic) bond motifs is 1. The van der Waals surface area contributed by atoms with Crippen molar-refractivity contribution >= 4 is 23.0 Å². The van der Waals surface area contributed by atoms with Crippen molar-refractivity contribution in [1.29, 1.82) is 0 Å². The number of nitrogens with two attached hydrogens (primary N) is 1. The maximum Gasteiger partial charge on any atom is 0.308 e. The van der Waals surface area contributed by atoms with E-state index in [4.69, 9.17) is 10.5 Å². The molecule has 1 aliphatic rings. The Morgan fingerprint density at radius 2 is 2.05 bits per heavy atom. The third-order valence-corrected chi connectivity index (χ3v) is 4.18. The first-order chi connectivity index (χ1) is 10.1. The Morgan fingerprint density at radius 1 is 1.33 bits per heavy atom. The van der Waals surface area contributed by atoms with Crippen molar-refractivity contribution in [2.75, 3.05) is 12.8 Å². The molecular formula is C14H19N5O2. The van der Waals surface area contributed by atoms with Gasteiger partial charge in [-0.3, -0.25) is 4.79 Å². The summed E-state index contributed by atoms with van der Waals surface area (Å²) >= 11 is 0. The number of aryl methyl sites for hydroxylation is 1. The zero-order chi connectivity index (χ0) is 15.0. The molecule has 112 valence electrons. The molecule has 1 aliphatic carbocycles. The van der Waals surface area contributed by atoms with Gasteiger partial charge in [-0.2, -0.15) is 0 Å². The van der Waals surface area contributed by atoms with E-state index in [1.807, 2.05) is 6.92 Å². The second-order valence-electron chi connectivity index (χ2n) is 5.51. The predicted molar refractivity (Wildman–Crippen MR) is 77.5 cm³/mol. The Balaban J connectivity index is 1.84. The van der Waals surface area contributed by atoms with Crippen LogP contribution >= 0.6 is 0 Å². The van der Waals surface area contributed by atoms with Crippen LogP contribution in [0.2, 0.25) is 0 Å². The number of nitrogen functional groups attached to an aromatic ring is 1. The molecule has 2 N–H and O–H groups in total. The van der Waals surface area contributed by atoms with E-state index >= 15 is 0 Å². The molecule has 0 radical (unpaired) electrons. The van der Waals surface area contributed by atoms with Crippen LogP contribution in [0.3, 0.4) is 0 Å². The number of rotatable bonds is 2. The van der Waals surface area contributed by atoms with Gasteiger partial charge in [0.15, 0.2) is 11.5 Å². The molecule has 0 aromatic carbocycles. The second-order valence-corrected chi connectivity index (χ2v) is 5.51. The SMILES string of the molecule is COC(=O)C1CCC(n2cnc3c(N)nc(C)nc32)CC1. The number of carbonyl (C=O) groups is 1. The van der Waals surface area contributed by atoms with Crippen LogP contribution in [0, 0.1) is 12.8 Å². The van der Waals surface area contributed by atoms with Gasteiger partial charge in [0.05, 0.1) is 19.4 Å². The van der Waals surface area contributed by atoms with Crippen molar-refractivity contribution in [3.05, 3.63) is 12.2 Å². The topological polar surface area (TPSA) is 95.9 Å². The van der Waals surface area contributed by atoms with Gasteiger partial charge in [-0.05, 0) is 32.6 Å². The van der Waals surface area contributed by atoms with Crippen molar-refractivity contribution < 1.29 is 9.53 Å². The average molecular weight is 289 g/mol. The van der Waals surface area contributed by atoms with Gasteiger partial charge in [-0.25, -0.2) is 15.0 Å². The summed E-state index contributed by atoms with van der Waals surface area (Å²) in [5.74, 6) is 0.971. The number of ether oxygens (including phenoxy) is 1. The number of hydrogen-bond acceptors (Lipinski definition) is 6. The van der Waals surface area contributed by atoms with E-state index in [0.717, 1.165) is 31.3 Å². The van der Waals surface area contributed by atoms with Crippen molar-refractivity contribution in [3.8, 4) is 0 Å². The quantitative estimate of drug-likeness (QED) is 0.844. The molecule has 0 amide bonds. The molecule has 7 heteroatoms. The van der Waals surface area contributed by atoms with Crippen LogP contribution in [0.4, 0.5) is 5.82 Å². The average Bonchev–Trinajstić information content (AvgIpc) is 2.90. The molecule has 0 aliphatic heterocycles. The minimum atomic E-state index is -0.105. The molecule has 2 aromatic rings. The summed E-state index contributed by atoms with van der Waals surface area (Å²) < 4.78 is 6.89. The molecule has 3 rings (SSSR count). The number of hydrogen-bond donors (Lipinski definition) is 1. The minimum Gasteiger partial charge on any atom is -0.469 e. The fourth-order valence-corrected chi connectivity index (χ4v) is 3.08. The Morgan fingerprint density at radius 3 is 2.71 bits per heavy atom. The van der Waals surface area contributed by atoms with Crippen molar-refractivity contribution in [2.45, 2.75) is 38.6 Å². The number of aromatic nitrogens is 4. The number of methoxy groups -OCH3 is 1. The number of carbonyl (C=O) groups excluding carboxylic acids is 1. The van der Waals surface area contributed by atoms with Gasteiger partial charge in [0.1, 0.15) is 11.3 Å². The van der Waals surface area contributed by atoms with Gasteiger partial charge in [0, 0.05) is 6.04 Å². The van der Waals surface area contributed by atoms with E-state index in [0.29, 0.717) is 23.2 Å². The lowest BCUT2D eigenvalue weighted by atomic mass is 9.86. The second kappa shape index (κ2) is 5.31. The zero-order valence-electron chi connectivity index (χ0n) is 12.2. The van der Waals surface area contributed by atoms with Gasteiger partial charge in [-0.1, -0.05) is 0 Å². The van der Waals surface area contributed by atoms with E-state index in [1.54, 1.807) is 6.33 Å². The Kier molecular flexibility index (Phi) is 3.48. The van der Waals surface area contributed by atoms with Crippen LogP contribution in [0.15, 0.2) is 6.33 Å². The first-order valence-corrected chi connectivity index (χ1v) is 7.14. The van der Waals surface area contributed by atoms with E-state index < -0.39 is 0 Å². The lowest BCUT2D eigenvalue weighted by molar-refractivity contribution is -0.146. The van der Waals surface area contributed by atoms with Gasteiger partial charge in [-0.15, -0.1) is 0 Å². The fourth-order valence-electron chi connectivity index (χ4n) is 3.08. The van der Waals surface area contributed by atoms with Gasteiger partial charge in [0.25, 0.3) is 0 Å². The standard InChI is InChI=1S/C14H19N5O2/c1-8-17-12(15)11-13(18-8)19(7-16-11)10-5-3-9(4-6-10)14(20)21-2/h7,9-10H,3-6H2,1-2H3,(H2,15,17,18). The van der Waals surface area contributed by atoms with Crippen LogP contribution in [0.25, 0.3) is 11.2 Å². The molecule has 0 unspecified atom stereocenters. The lowest BCUT2D eigenvalue weighted by Crippen LogP contribution is -2.24. The van der Waals surface area contributed by atoms with E-state index in [1.165, 1.54) is 7.11 Å². The largest absolute Gasteiger partial charge is 0.469 e. The Bertz CT molecular complexity index is 673. The normalized spacial score (nSPS) is 22.4.